The number of hydrogen-bond acceptors (Lipinski definition) is 3. The minimum Gasteiger partial charge on any atom is -0.332 e. The molecular weight excluding hydrogens is 320 g/mol. The lowest BCUT2D eigenvalue weighted by Crippen LogP contribution is -2.55. The van der Waals surface area contributed by atoms with Crippen LogP contribution in [0.4, 0.5) is 4.79 Å². The summed E-state index contributed by atoms with van der Waals surface area (Å²) < 4.78 is 0. The van der Waals surface area contributed by atoms with E-state index in [1.54, 1.807) is 4.90 Å². The van der Waals surface area contributed by atoms with Crippen LogP contribution in [0.1, 0.15) is 49.3 Å². The number of amides is 2. The lowest BCUT2D eigenvalue weighted by atomic mass is 9.91. The predicted octanol–water partition coefficient (Wildman–Crippen LogP) is 3.61. The van der Waals surface area contributed by atoms with E-state index >= 15 is 0 Å². The Kier molecular flexibility index (Phi) is 4.53. The van der Waals surface area contributed by atoms with Crippen LogP contribution in [0.2, 0.25) is 0 Å². The quantitative estimate of drug-likeness (QED) is 0.781. The molecule has 1 aromatic rings. The largest absolute Gasteiger partial charge is 0.332 e. The maximum absolute atomic E-state index is 12.7. The second kappa shape index (κ2) is 6.79. The molecule has 24 heavy (non-hydrogen) atoms. The maximum Gasteiger partial charge on any atom is 0.282 e. The highest BCUT2D eigenvalue weighted by Crippen LogP contribution is 2.35. The number of thioether (sulfide) groups is 1. The van der Waals surface area contributed by atoms with E-state index in [4.69, 9.17) is 0 Å². The molecule has 1 aliphatic carbocycles. The third-order valence-electron chi connectivity index (χ3n) is 5.53. The van der Waals surface area contributed by atoms with Crippen molar-refractivity contribution in [3.63, 3.8) is 0 Å². The van der Waals surface area contributed by atoms with Crippen molar-refractivity contribution in [2.45, 2.75) is 49.8 Å². The van der Waals surface area contributed by atoms with Crippen LogP contribution in [0, 0.1) is 0 Å². The van der Waals surface area contributed by atoms with Crippen LogP contribution >= 0.6 is 11.8 Å². The van der Waals surface area contributed by atoms with E-state index < -0.39 is 0 Å². The molecule has 1 aromatic carbocycles. The Morgan fingerprint density at radius 1 is 1.12 bits per heavy atom. The van der Waals surface area contributed by atoms with Gasteiger partial charge in [0.2, 0.25) is 5.91 Å². The minimum atomic E-state index is 0.0344. The Balaban J connectivity index is 1.49. The number of benzene rings is 1. The zero-order valence-electron chi connectivity index (χ0n) is 13.9. The van der Waals surface area contributed by atoms with Crippen molar-refractivity contribution in [3.8, 4) is 0 Å². The van der Waals surface area contributed by atoms with E-state index in [0.717, 1.165) is 25.8 Å². The van der Waals surface area contributed by atoms with E-state index in [2.05, 4.69) is 18.2 Å². The molecular formula is C19H24N2O2S. The summed E-state index contributed by atoms with van der Waals surface area (Å²) in [5.41, 5.74) is 2.54. The van der Waals surface area contributed by atoms with E-state index in [9.17, 15) is 9.59 Å². The number of rotatable bonds is 1. The van der Waals surface area contributed by atoms with Crippen LogP contribution in [-0.4, -0.2) is 45.8 Å². The van der Waals surface area contributed by atoms with Crippen LogP contribution in [0.25, 0.3) is 0 Å². The molecule has 4 nitrogen and oxygen atoms in total. The van der Waals surface area contributed by atoms with Gasteiger partial charge in [0.15, 0.2) is 0 Å². The standard InChI is InChI=1S/C19H24N2O2S/c22-18-13-20(19(23)24-15-7-2-1-3-8-15)12-17-16-9-5-4-6-14(16)10-11-21(17)18/h4-6,9,15,17H,1-3,7-8,10-13H2. The number of fused-ring (bicyclic) bond motifs is 3. The Bertz CT molecular complexity index is 642. The van der Waals surface area contributed by atoms with E-state index in [0.29, 0.717) is 11.8 Å². The highest BCUT2D eigenvalue weighted by Gasteiger charge is 2.38. The second-order valence-electron chi connectivity index (χ2n) is 7.08. The van der Waals surface area contributed by atoms with Crippen molar-refractivity contribution in [3.05, 3.63) is 35.4 Å². The van der Waals surface area contributed by atoms with Gasteiger partial charge < -0.3 is 9.80 Å². The summed E-state index contributed by atoms with van der Waals surface area (Å²) in [5.74, 6) is 0.0957. The molecule has 2 amide bonds. The van der Waals surface area contributed by atoms with Gasteiger partial charge in [-0.05, 0) is 30.4 Å². The van der Waals surface area contributed by atoms with Crippen LogP contribution in [-0.2, 0) is 11.2 Å². The summed E-state index contributed by atoms with van der Waals surface area (Å²) in [7, 11) is 0. The first-order valence-corrected chi connectivity index (χ1v) is 9.93. The van der Waals surface area contributed by atoms with Gasteiger partial charge in [0.05, 0.1) is 6.04 Å². The Labute approximate surface area is 147 Å². The summed E-state index contributed by atoms with van der Waals surface area (Å²) in [5, 5.41) is 0.538. The third-order valence-corrected chi connectivity index (χ3v) is 6.79. The Morgan fingerprint density at radius 3 is 2.75 bits per heavy atom. The smallest absolute Gasteiger partial charge is 0.282 e. The number of hydrogen-bond donors (Lipinski definition) is 0. The Hall–Kier alpha value is -1.49. The monoisotopic (exact) mass is 344 g/mol. The summed E-state index contributed by atoms with van der Waals surface area (Å²) in [4.78, 5) is 29.0. The molecule has 2 aliphatic heterocycles. The summed E-state index contributed by atoms with van der Waals surface area (Å²) in [6, 6.07) is 8.38. The van der Waals surface area contributed by atoms with Crippen LogP contribution in [0.3, 0.4) is 0 Å². The second-order valence-corrected chi connectivity index (χ2v) is 8.33. The normalized spacial score (nSPS) is 24.5. The molecule has 0 N–H and O–H groups in total. The van der Waals surface area contributed by atoms with Gasteiger partial charge in [-0.3, -0.25) is 9.59 Å². The molecule has 128 valence electrons. The summed E-state index contributed by atoms with van der Waals surface area (Å²) >= 11 is 1.47. The fourth-order valence-corrected chi connectivity index (χ4v) is 5.36. The van der Waals surface area contributed by atoms with E-state index in [1.807, 2.05) is 11.0 Å². The van der Waals surface area contributed by atoms with Gasteiger partial charge in [0, 0.05) is 18.3 Å². The van der Waals surface area contributed by atoms with Crippen molar-refractivity contribution in [2.75, 3.05) is 19.6 Å². The van der Waals surface area contributed by atoms with E-state index in [-0.39, 0.29) is 23.7 Å². The third kappa shape index (κ3) is 3.06. The molecule has 1 saturated heterocycles. The highest BCUT2D eigenvalue weighted by atomic mass is 32.2. The average molecular weight is 344 g/mol. The molecule has 1 saturated carbocycles. The molecule has 2 fully saturated rings. The van der Waals surface area contributed by atoms with Gasteiger partial charge in [-0.15, -0.1) is 0 Å². The molecule has 0 bridgehead atoms. The predicted molar refractivity (Wildman–Crippen MR) is 96.0 cm³/mol. The lowest BCUT2D eigenvalue weighted by Gasteiger charge is -2.44. The van der Waals surface area contributed by atoms with Gasteiger partial charge >= 0.3 is 0 Å². The van der Waals surface area contributed by atoms with Gasteiger partial charge in [-0.25, -0.2) is 0 Å². The number of piperazine rings is 1. The van der Waals surface area contributed by atoms with Gasteiger partial charge in [0.1, 0.15) is 6.54 Å². The SMILES string of the molecule is O=C(SC1CCCCC1)N1CC(=O)N2CCc3ccccc3C2C1. The maximum atomic E-state index is 12.7. The molecule has 2 heterocycles. The van der Waals surface area contributed by atoms with Gasteiger partial charge in [0.25, 0.3) is 5.24 Å². The molecule has 0 spiro atoms. The van der Waals surface area contributed by atoms with Gasteiger partial charge in [-0.1, -0.05) is 55.3 Å². The van der Waals surface area contributed by atoms with E-state index in [1.165, 1.54) is 42.2 Å². The van der Waals surface area contributed by atoms with Crippen molar-refractivity contribution < 1.29 is 9.59 Å². The molecule has 4 rings (SSSR count). The number of nitrogens with zero attached hydrogens (tertiary/aromatic N) is 2. The minimum absolute atomic E-state index is 0.0344. The van der Waals surface area contributed by atoms with Crippen molar-refractivity contribution in [2.24, 2.45) is 0 Å². The zero-order chi connectivity index (χ0) is 16.5. The van der Waals surface area contributed by atoms with Crippen molar-refractivity contribution >= 4 is 22.9 Å². The average Bonchev–Trinajstić information content (AvgIpc) is 2.62. The van der Waals surface area contributed by atoms with Crippen LogP contribution in [0.15, 0.2) is 24.3 Å². The molecule has 1 unspecified atom stereocenters. The molecule has 1 atom stereocenters. The lowest BCUT2D eigenvalue weighted by molar-refractivity contribution is -0.138. The highest BCUT2D eigenvalue weighted by molar-refractivity contribution is 8.14. The molecule has 3 aliphatic rings. The number of carbonyl (C=O) groups is 2. The fraction of sp³-hybridized carbons (Fsp3) is 0.579. The van der Waals surface area contributed by atoms with Crippen molar-refractivity contribution in [1.29, 1.82) is 0 Å². The van der Waals surface area contributed by atoms with Crippen LogP contribution < -0.4 is 0 Å². The summed E-state index contributed by atoms with van der Waals surface area (Å²) in [6.45, 7) is 1.66. The first-order valence-electron chi connectivity index (χ1n) is 9.05. The molecule has 0 aromatic heterocycles. The molecule has 0 radical (unpaired) electrons. The molecule has 5 heteroatoms. The first kappa shape index (κ1) is 16.0. The van der Waals surface area contributed by atoms with Crippen LogP contribution in [0.5, 0.6) is 0 Å². The van der Waals surface area contributed by atoms with Gasteiger partial charge in [-0.2, -0.15) is 0 Å². The Morgan fingerprint density at radius 2 is 1.92 bits per heavy atom. The fourth-order valence-electron chi connectivity index (χ4n) is 4.21. The van der Waals surface area contributed by atoms with Crippen molar-refractivity contribution in [1.82, 2.24) is 9.80 Å². The number of carbonyl (C=O) groups excluding carboxylic acids is 2. The summed E-state index contributed by atoms with van der Waals surface area (Å²) in [6.07, 6.45) is 6.94. The first-order chi connectivity index (χ1) is 11.7. The zero-order valence-corrected chi connectivity index (χ0v) is 14.8. The topological polar surface area (TPSA) is 40.6 Å².